The summed E-state index contributed by atoms with van der Waals surface area (Å²) in [6.07, 6.45) is -0.597. The van der Waals surface area contributed by atoms with Gasteiger partial charge >= 0.3 is 6.09 Å². The summed E-state index contributed by atoms with van der Waals surface area (Å²) in [6.45, 7) is 4.52. The number of carbonyl (C=O) groups is 2. The highest BCUT2D eigenvalue weighted by molar-refractivity contribution is 5.82. The molecule has 1 aromatic heterocycles. The van der Waals surface area contributed by atoms with E-state index in [0.29, 0.717) is 26.2 Å². The van der Waals surface area contributed by atoms with Gasteiger partial charge in [-0.1, -0.05) is 30.3 Å². The molecule has 1 aliphatic rings. The smallest absolute Gasteiger partial charge is 0.407 e. The number of amides is 2. The zero-order valence-electron chi connectivity index (χ0n) is 15.3. The van der Waals surface area contributed by atoms with Crippen LogP contribution in [-0.2, 0) is 16.1 Å². The molecule has 1 fully saturated rings. The summed E-state index contributed by atoms with van der Waals surface area (Å²) in [5.41, 5.74) is 1.77. The van der Waals surface area contributed by atoms with E-state index < -0.39 is 6.09 Å². The number of piperazine rings is 1. The fraction of sp³-hybridized carbons (Fsp3) is 0.368. The van der Waals surface area contributed by atoms with Crippen molar-refractivity contribution >= 4 is 17.8 Å². The minimum Gasteiger partial charge on any atom is -0.445 e. The second-order valence-corrected chi connectivity index (χ2v) is 6.32. The van der Waals surface area contributed by atoms with Gasteiger partial charge in [-0.2, -0.15) is 5.10 Å². The van der Waals surface area contributed by atoms with Crippen molar-refractivity contribution in [3.63, 3.8) is 0 Å². The van der Waals surface area contributed by atoms with E-state index in [9.17, 15) is 9.59 Å². The van der Waals surface area contributed by atoms with Crippen molar-refractivity contribution in [2.45, 2.75) is 13.5 Å². The van der Waals surface area contributed by atoms with Crippen molar-refractivity contribution in [3.05, 3.63) is 53.7 Å². The van der Waals surface area contributed by atoms with Crippen LogP contribution in [0.3, 0.4) is 0 Å². The lowest BCUT2D eigenvalue weighted by Gasteiger charge is -2.35. The van der Waals surface area contributed by atoms with Crippen molar-refractivity contribution in [2.75, 3.05) is 37.6 Å². The molecule has 142 valence electrons. The highest BCUT2D eigenvalue weighted by atomic mass is 16.5. The Morgan fingerprint density at radius 3 is 2.44 bits per heavy atom. The molecule has 1 aromatic carbocycles. The van der Waals surface area contributed by atoms with Crippen molar-refractivity contribution in [2.24, 2.45) is 0 Å². The van der Waals surface area contributed by atoms with Gasteiger partial charge in [0.2, 0.25) is 5.91 Å². The number of aromatic nitrogens is 2. The Balaban J connectivity index is 1.38. The third-order valence-electron chi connectivity index (χ3n) is 4.34. The summed E-state index contributed by atoms with van der Waals surface area (Å²) in [6, 6.07) is 13.2. The molecular formula is C19H23N5O3. The van der Waals surface area contributed by atoms with Crippen molar-refractivity contribution in [3.8, 4) is 0 Å². The van der Waals surface area contributed by atoms with Gasteiger partial charge in [-0.05, 0) is 24.6 Å². The van der Waals surface area contributed by atoms with Crippen LogP contribution < -0.4 is 10.2 Å². The molecule has 0 unspecified atom stereocenters. The number of benzene rings is 1. The zero-order chi connectivity index (χ0) is 19.1. The largest absolute Gasteiger partial charge is 0.445 e. The normalized spacial score (nSPS) is 14.0. The number of hydrogen-bond donors (Lipinski definition) is 1. The van der Waals surface area contributed by atoms with E-state index in [1.165, 1.54) is 0 Å². The van der Waals surface area contributed by atoms with Gasteiger partial charge < -0.3 is 19.9 Å². The number of aryl methyl sites for hydroxylation is 1. The quantitative estimate of drug-likeness (QED) is 0.856. The molecule has 0 bridgehead atoms. The summed E-state index contributed by atoms with van der Waals surface area (Å²) in [7, 11) is 0. The molecule has 0 radical (unpaired) electrons. The van der Waals surface area contributed by atoms with Crippen LogP contribution in [0.25, 0.3) is 0 Å². The Hall–Kier alpha value is -3.16. The Kier molecular flexibility index (Phi) is 6.19. The average molecular weight is 369 g/mol. The molecule has 8 heteroatoms. The molecule has 27 heavy (non-hydrogen) atoms. The predicted molar refractivity (Wildman–Crippen MR) is 100 cm³/mol. The van der Waals surface area contributed by atoms with Gasteiger partial charge in [-0.15, -0.1) is 5.10 Å². The Labute approximate surface area is 158 Å². The van der Waals surface area contributed by atoms with Crippen LogP contribution in [0.2, 0.25) is 0 Å². The number of nitrogens with zero attached hydrogens (tertiary/aromatic N) is 4. The van der Waals surface area contributed by atoms with Gasteiger partial charge in [0.15, 0.2) is 5.82 Å². The van der Waals surface area contributed by atoms with E-state index in [1.807, 2.05) is 49.4 Å². The molecule has 0 saturated carbocycles. The first kappa shape index (κ1) is 18.6. The first-order chi connectivity index (χ1) is 13.1. The van der Waals surface area contributed by atoms with Gasteiger partial charge in [0.25, 0.3) is 0 Å². The van der Waals surface area contributed by atoms with Crippen LogP contribution in [0.5, 0.6) is 0 Å². The zero-order valence-corrected chi connectivity index (χ0v) is 15.3. The van der Waals surface area contributed by atoms with Crippen LogP contribution in [0.4, 0.5) is 10.6 Å². The third-order valence-corrected chi connectivity index (χ3v) is 4.34. The second-order valence-electron chi connectivity index (χ2n) is 6.32. The fourth-order valence-corrected chi connectivity index (χ4v) is 2.78. The van der Waals surface area contributed by atoms with Gasteiger partial charge in [-0.25, -0.2) is 4.79 Å². The van der Waals surface area contributed by atoms with Crippen LogP contribution in [0, 0.1) is 6.92 Å². The highest BCUT2D eigenvalue weighted by Crippen LogP contribution is 2.12. The van der Waals surface area contributed by atoms with Crippen LogP contribution >= 0.6 is 0 Å². The van der Waals surface area contributed by atoms with Crippen LogP contribution in [0.1, 0.15) is 11.3 Å². The summed E-state index contributed by atoms with van der Waals surface area (Å²) in [4.78, 5) is 27.8. The Morgan fingerprint density at radius 1 is 1.04 bits per heavy atom. The van der Waals surface area contributed by atoms with Gasteiger partial charge in [-0.3, -0.25) is 4.79 Å². The molecule has 3 rings (SSSR count). The number of anilines is 1. The molecule has 0 spiro atoms. The molecule has 1 aliphatic heterocycles. The molecule has 0 atom stereocenters. The lowest BCUT2D eigenvalue weighted by Crippen LogP contribution is -2.51. The number of hydrogen-bond acceptors (Lipinski definition) is 6. The summed E-state index contributed by atoms with van der Waals surface area (Å²) in [5.74, 6) is 0.691. The minimum atomic E-state index is -0.597. The Bertz CT molecular complexity index is 759. The molecule has 2 amide bonds. The van der Waals surface area contributed by atoms with E-state index in [2.05, 4.69) is 20.4 Å². The first-order valence-electron chi connectivity index (χ1n) is 8.89. The number of alkyl carbamates (subject to hydrolysis) is 1. The summed E-state index contributed by atoms with van der Waals surface area (Å²) in [5, 5.41) is 10.7. The van der Waals surface area contributed by atoms with Crippen molar-refractivity contribution < 1.29 is 14.3 Å². The number of rotatable bonds is 5. The van der Waals surface area contributed by atoms with Gasteiger partial charge in [0.05, 0.1) is 5.69 Å². The highest BCUT2D eigenvalue weighted by Gasteiger charge is 2.22. The van der Waals surface area contributed by atoms with E-state index >= 15 is 0 Å². The third kappa shape index (κ3) is 5.40. The number of ether oxygens (including phenoxy) is 1. The van der Waals surface area contributed by atoms with E-state index in [1.54, 1.807) is 4.90 Å². The maximum absolute atomic E-state index is 12.3. The lowest BCUT2D eigenvalue weighted by atomic mass is 10.2. The summed E-state index contributed by atoms with van der Waals surface area (Å²) < 4.78 is 5.11. The number of nitrogens with one attached hydrogen (secondary N) is 1. The molecule has 8 nitrogen and oxygen atoms in total. The molecule has 2 aromatic rings. The molecule has 1 saturated heterocycles. The van der Waals surface area contributed by atoms with Crippen LogP contribution in [-0.4, -0.2) is 59.8 Å². The van der Waals surface area contributed by atoms with Gasteiger partial charge in [0.1, 0.15) is 13.2 Å². The molecular weight excluding hydrogens is 346 g/mol. The maximum Gasteiger partial charge on any atom is 0.407 e. The van der Waals surface area contributed by atoms with E-state index in [0.717, 1.165) is 17.1 Å². The van der Waals surface area contributed by atoms with E-state index in [-0.39, 0.29) is 19.1 Å². The number of carbonyl (C=O) groups excluding carboxylic acids is 2. The molecule has 0 aliphatic carbocycles. The van der Waals surface area contributed by atoms with Crippen molar-refractivity contribution in [1.82, 2.24) is 20.4 Å². The molecule has 1 N–H and O–H groups in total. The van der Waals surface area contributed by atoms with Crippen molar-refractivity contribution in [1.29, 1.82) is 0 Å². The summed E-state index contributed by atoms with van der Waals surface area (Å²) >= 11 is 0. The average Bonchev–Trinajstić information content (AvgIpc) is 2.72. The lowest BCUT2D eigenvalue weighted by molar-refractivity contribution is -0.130. The predicted octanol–water partition coefficient (Wildman–Crippen LogP) is 1.36. The Morgan fingerprint density at radius 2 is 1.78 bits per heavy atom. The first-order valence-corrected chi connectivity index (χ1v) is 8.89. The topological polar surface area (TPSA) is 87.7 Å². The van der Waals surface area contributed by atoms with Crippen LogP contribution in [0.15, 0.2) is 42.5 Å². The second kappa shape index (κ2) is 8.98. The molecule has 2 heterocycles. The minimum absolute atomic E-state index is 0.0715. The van der Waals surface area contributed by atoms with E-state index in [4.69, 9.17) is 4.74 Å². The standard InChI is InChI=1S/C19H23N5O3/c1-15-7-8-17(22-21-15)23-9-11-24(12-10-23)18(25)13-20-19(26)27-14-16-5-3-2-4-6-16/h2-8H,9-14H2,1H3,(H,20,26). The fourth-order valence-electron chi connectivity index (χ4n) is 2.78. The maximum atomic E-state index is 12.3. The SMILES string of the molecule is Cc1ccc(N2CCN(C(=O)CNC(=O)OCc3ccccc3)CC2)nn1. The monoisotopic (exact) mass is 369 g/mol. The van der Waals surface area contributed by atoms with Gasteiger partial charge in [0, 0.05) is 26.2 Å².